The predicted molar refractivity (Wildman–Crippen MR) is 75.5 cm³/mol. The summed E-state index contributed by atoms with van der Waals surface area (Å²) in [6, 6.07) is 0.104. The Morgan fingerprint density at radius 1 is 1.25 bits per heavy atom. The molecule has 20 heavy (non-hydrogen) atoms. The van der Waals surface area contributed by atoms with Gasteiger partial charge in [-0.15, -0.1) is 0 Å². The van der Waals surface area contributed by atoms with E-state index in [2.05, 4.69) is 0 Å². The molecule has 2 aliphatic rings. The summed E-state index contributed by atoms with van der Waals surface area (Å²) in [5.41, 5.74) is 0. The number of hydrogen-bond acceptors (Lipinski definition) is 3. The van der Waals surface area contributed by atoms with Crippen LogP contribution in [0.2, 0.25) is 0 Å². The molecule has 116 valence electrons. The van der Waals surface area contributed by atoms with Crippen LogP contribution >= 0.6 is 0 Å². The maximum absolute atomic E-state index is 12.6. The van der Waals surface area contributed by atoms with Crippen molar-refractivity contribution in [3.8, 4) is 0 Å². The average Bonchev–Trinajstić information content (AvgIpc) is 2.87. The highest BCUT2D eigenvalue weighted by Crippen LogP contribution is 2.28. The second-order valence-electron chi connectivity index (χ2n) is 5.93. The Morgan fingerprint density at radius 3 is 2.50 bits per heavy atom. The van der Waals surface area contributed by atoms with Crippen molar-refractivity contribution in [2.45, 2.75) is 51.0 Å². The van der Waals surface area contributed by atoms with Gasteiger partial charge in [0.15, 0.2) is 0 Å². The lowest BCUT2D eigenvalue weighted by Gasteiger charge is -2.33. The van der Waals surface area contributed by atoms with Gasteiger partial charge in [0.25, 0.3) is 10.2 Å². The van der Waals surface area contributed by atoms with Crippen molar-refractivity contribution in [1.29, 1.82) is 0 Å². The zero-order valence-electron chi connectivity index (χ0n) is 12.0. The van der Waals surface area contributed by atoms with E-state index in [-0.39, 0.29) is 18.4 Å². The first-order chi connectivity index (χ1) is 9.41. The molecule has 0 aromatic carbocycles. The lowest BCUT2D eigenvalue weighted by molar-refractivity contribution is -0.137. The molecule has 1 saturated carbocycles. The molecule has 0 spiro atoms. The van der Waals surface area contributed by atoms with Crippen molar-refractivity contribution >= 4 is 16.2 Å². The molecule has 1 saturated heterocycles. The number of hydrogen-bond donors (Lipinski definition) is 1. The van der Waals surface area contributed by atoms with Crippen molar-refractivity contribution in [1.82, 2.24) is 8.61 Å². The van der Waals surface area contributed by atoms with Gasteiger partial charge in [-0.3, -0.25) is 4.79 Å². The number of rotatable bonds is 5. The van der Waals surface area contributed by atoms with E-state index in [0.717, 1.165) is 25.7 Å². The summed E-state index contributed by atoms with van der Waals surface area (Å²) >= 11 is 0. The smallest absolute Gasteiger partial charge is 0.303 e. The Bertz CT molecular complexity index is 445. The number of carboxylic acid groups (broad SMARTS) is 1. The molecule has 6 nitrogen and oxygen atoms in total. The minimum Gasteiger partial charge on any atom is -0.481 e. The Hall–Kier alpha value is -0.660. The Kier molecular flexibility index (Phi) is 5.04. The first-order valence-electron chi connectivity index (χ1n) is 7.36. The molecule has 7 heteroatoms. The van der Waals surface area contributed by atoms with E-state index in [1.807, 2.05) is 0 Å². The standard InChI is InChI=1S/C13H24N2O4S/c1-14(12-5-3-2-4-6-12)20(18,19)15-8-7-11(10-15)9-13(16)17/h11-12H,2-10H2,1H3,(H,16,17). The fourth-order valence-corrected chi connectivity index (χ4v) is 4.92. The maximum atomic E-state index is 12.6. The molecule has 1 heterocycles. The van der Waals surface area contributed by atoms with E-state index >= 15 is 0 Å². The van der Waals surface area contributed by atoms with Crippen LogP contribution in [0.4, 0.5) is 0 Å². The molecule has 0 bridgehead atoms. The van der Waals surface area contributed by atoms with E-state index in [1.54, 1.807) is 7.05 Å². The van der Waals surface area contributed by atoms with Gasteiger partial charge >= 0.3 is 5.97 Å². The minimum absolute atomic E-state index is 0.0537. The third-order valence-corrected chi connectivity index (χ3v) is 6.50. The van der Waals surface area contributed by atoms with Gasteiger partial charge in [-0.1, -0.05) is 19.3 Å². The topological polar surface area (TPSA) is 77.9 Å². The lowest BCUT2D eigenvalue weighted by atomic mass is 9.96. The number of aliphatic carboxylic acids is 1. The van der Waals surface area contributed by atoms with Crippen LogP contribution in [0.5, 0.6) is 0 Å². The van der Waals surface area contributed by atoms with Crippen LogP contribution in [0.25, 0.3) is 0 Å². The number of carbonyl (C=O) groups is 1. The van der Waals surface area contributed by atoms with Gasteiger partial charge in [-0.25, -0.2) is 0 Å². The quantitative estimate of drug-likeness (QED) is 0.830. The Balaban J connectivity index is 1.97. The SMILES string of the molecule is CN(C1CCCCC1)S(=O)(=O)N1CCC(CC(=O)O)C1. The maximum Gasteiger partial charge on any atom is 0.303 e. The number of nitrogens with zero attached hydrogens (tertiary/aromatic N) is 2. The van der Waals surface area contributed by atoms with Crippen molar-refractivity contribution < 1.29 is 18.3 Å². The van der Waals surface area contributed by atoms with Crippen molar-refractivity contribution in [2.24, 2.45) is 5.92 Å². The van der Waals surface area contributed by atoms with Gasteiger partial charge in [-0.05, 0) is 25.2 Å². The molecule has 0 amide bonds. The molecule has 2 fully saturated rings. The molecule has 0 aromatic rings. The van der Waals surface area contributed by atoms with Gasteiger partial charge in [0.05, 0.1) is 0 Å². The Labute approximate surface area is 120 Å². The van der Waals surface area contributed by atoms with Crippen LogP contribution in [0.3, 0.4) is 0 Å². The summed E-state index contributed by atoms with van der Waals surface area (Å²) in [7, 11) is -1.77. The molecule has 1 N–H and O–H groups in total. The van der Waals surface area contributed by atoms with Gasteiger partial charge in [0.1, 0.15) is 0 Å². The van der Waals surface area contributed by atoms with Crippen LogP contribution in [-0.4, -0.2) is 54.3 Å². The molecule has 0 aromatic heterocycles. The van der Waals surface area contributed by atoms with E-state index in [1.165, 1.54) is 15.0 Å². The van der Waals surface area contributed by atoms with Gasteiger partial charge in [-0.2, -0.15) is 17.0 Å². The highest BCUT2D eigenvalue weighted by molar-refractivity contribution is 7.86. The highest BCUT2D eigenvalue weighted by Gasteiger charge is 2.37. The third kappa shape index (κ3) is 3.51. The van der Waals surface area contributed by atoms with Crippen LogP contribution < -0.4 is 0 Å². The summed E-state index contributed by atoms with van der Waals surface area (Å²) in [5, 5.41) is 8.80. The lowest BCUT2D eigenvalue weighted by Crippen LogP contribution is -2.46. The molecular formula is C13H24N2O4S. The summed E-state index contributed by atoms with van der Waals surface area (Å²) < 4.78 is 28.1. The molecular weight excluding hydrogens is 280 g/mol. The second-order valence-corrected chi connectivity index (χ2v) is 7.91. The van der Waals surface area contributed by atoms with Crippen LogP contribution in [0.1, 0.15) is 44.9 Å². The first kappa shape index (κ1) is 15.7. The number of carboxylic acids is 1. The summed E-state index contributed by atoms with van der Waals surface area (Å²) in [5.74, 6) is -0.906. The fourth-order valence-electron chi connectivity index (χ4n) is 3.24. The largest absolute Gasteiger partial charge is 0.481 e. The molecule has 1 aliphatic carbocycles. The second kappa shape index (κ2) is 6.41. The predicted octanol–water partition coefficient (Wildman–Crippen LogP) is 1.29. The first-order valence-corrected chi connectivity index (χ1v) is 8.76. The van der Waals surface area contributed by atoms with Crippen molar-refractivity contribution in [2.75, 3.05) is 20.1 Å². The molecule has 0 radical (unpaired) electrons. The molecule has 1 atom stereocenters. The zero-order valence-corrected chi connectivity index (χ0v) is 12.8. The summed E-state index contributed by atoms with van der Waals surface area (Å²) in [4.78, 5) is 10.7. The Morgan fingerprint density at radius 2 is 1.90 bits per heavy atom. The van der Waals surface area contributed by atoms with Crippen LogP contribution in [0, 0.1) is 5.92 Å². The van der Waals surface area contributed by atoms with E-state index in [0.29, 0.717) is 19.5 Å². The highest BCUT2D eigenvalue weighted by atomic mass is 32.2. The van der Waals surface area contributed by atoms with Crippen molar-refractivity contribution in [3.63, 3.8) is 0 Å². The minimum atomic E-state index is -3.43. The normalized spacial score (nSPS) is 26.2. The summed E-state index contributed by atoms with van der Waals surface area (Å²) in [6.07, 6.45) is 5.93. The molecule has 1 unspecified atom stereocenters. The zero-order chi connectivity index (χ0) is 14.8. The monoisotopic (exact) mass is 304 g/mol. The third-order valence-electron chi connectivity index (χ3n) is 4.49. The average molecular weight is 304 g/mol. The van der Waals surface area contributed by atoms with Gasteiger partial charge in [0.2, 0.25) is 0 Å². The van der Waals surface area contributed by atoms with Crippen LogP contribution in [0.15, 0.2) is 0 Å². The summed E-state index contributed by atoms with van der Waals surface area (Å²) in [6.45, 7) is 0.781. The van der Waals surface area contributed by atoms with E-state index in [9.17, 15) is 13.2 Å². The van der Waals surface area contributed by atoms with Crippen LogP contribution in [-0.2, 0) is 15.0 Å². The van der Waals surface area contributed by atoms with E-state index in [4.69, 9.17) is 5.11 Å². The molecule has 1 aliphatic heterocycles. The fraction of sp³-hybridized carbons (Fsp3) is 0.923. The van der Waals surface area contributed by atoms with Crippen molar-refractivity contribution in [3.05, 3.63) is 0 Å². The molecule has 2 rings (SSSR count). The van der Waals surface area contributed by atoms with Gasteiger partial charge < -0.3 is 5.11 Å². The van der Waals surface area contributed by atoms with E-state index < -0.39 is 16.2 Å². The van der Waals surface area contributed by atoms with Gasteiger partial charge in [0, 0.05) is 32.6 Å².